The van der Waals surface area contributed by atoms with Crippen LogP contribution in [0.2, 0.25) is 5.02 Å². The van der Waals surface area contributed by atoms with E-state index in [1.807, 2.05) is 38.2 Å². The van der Waals surface area contributed by atoms with Crippen molar-refractivity contribution in [2.24, 2.45) is 0 Å². The average molecular weight is 477 g/mol. The predicted octanol–water partition coefficient (Wildman–Crippen LogP) is 5.05. The summed E-state index contributed by atoms with van der Waals surface area (Å²) >= 11 is 11.5. The molecule has 6 nitrogen and oxygen atoms in total. The Bertz CT molecular complexity index is 1060. The van der Waals surface area contributed by atoms with Gasteiger partial charge in [-0.3, -0.25) is 4.68 Å². The quantitative estimate of drug-likeness (QED) is 0.399. The van der Waals surface area contributed by atoms with Gasteiger partial charge in [-0.15, -0.1) is 0 Å². The first-order valence-corrected chi connectivity index (χ1v) is 11.2. The second-order valence-corrected chi connectivity index (χ2v) is 7.76. The van der Waals surface area contributed by atoms with Crippen molar-refractivity contribution in [3.63, 3.8) is 0 Å². The van der Waals surface area contributed by atoms with E-state index in [9.17, 15) is 4.39 Å². The van der Waals surface area contributed by atoms with Crippen molar-refractivity contribution in [2.75, 3.05) is 25.1 Å². The number of ether oxygens (including phenoxy) is 2. The molecule has 3 rings (SSSR count). The normalized spacial score (nSPS) is 10.6. The van der Waals surface area contributed by atoms with E-state index in [2.05, 4.69) is 15.7 Å². The second kappa shape index (κ2) is 11.7. The van der Waals surface area contributed by atoms with Gasteiger partial charge in [-0.25, -0.2) is 4.39 Å². The van der Waals surface area contributed by atoms with Crippen LogP contribution in [0.1, 0.15) is 25.0 Å². The first kappa shape index (κ1) is 23.8. The highest BCUT2D eigenvalue weighted by atomic mass is 35.5. The van der Waals surface area contributed by atoms with Gasteiger partial charge in [0.25, 0.3) is 0 Å². The fraction of sp³-hybridized carbons (Fsp3) is 0.304. The zero-order valence-corrected chi connectivity index (χ0v) is 19.6. The van der Waals surface area contributed by atoms with Crippen molar-refractivity contribution in [1.82, 2.24) is 15.1 Å². The Balaban J connectivity index is 1.49. The molecule has 0 radical (unpaired) electrons. The summed E-state index contributed by atoms with van der Waals surface area (Å²) < 4.78 is 26.2. The van der Waals surface area contributed by atoms with Gasteiger partial charge in [0.05, 0.1) is 31.6 Å². The van der Waals surface area contributed by atoms with E-state index in [1.54, 1.807) is 16.9 Å². The highest BCUT2D eigenvalue weighted by molar-refractivity contribution is 7.80. The zero-order chi connectivity index (χ0) is 22.9. The van der Waals surface area contributed by atoms with Crippen molar-refractivity contribution in [3.8, 4) is 11.5 Å². The largest absolute Gasteiger partial charge is 0.490 e. The van der Waals surface area contributed by atoms with Crippen LogP contribution in [0.4, 0.5) is 10.1 Å². The number of hydrogen-bond acceptors (Lipinski definition) is 4. The van der Waals surface area contributed by atoms with Gasteiger partial charge in [0.1, 0.15) is 5.82 Å². The van der Waals surface area contributed by atoms with Crippen molar-refractivity contribution in [1.29, 1.82) is 0 Å². The molecular weight excluding hydrogens is 451 g/mol. The number of nitrogens with zero attached hydrogens (tertiary/aromatic N) is 2. The molecule has 2 aromatic carbocycles. The SMILES string of the molecule is CCOc1ccc(CCNC(=S)Nc2cnn(Cc3ccc(F)cc3Cl)c2)cc1OCC. The molecule has 0 aliphatic carbocycles. The molecule has 0 saturated heterocycles. The highest BCUT2D eigenvalue weighted by Crippen LogP contribution is 2.28. The van der Waals surface area contributed by atoms with Gasteiger partial charge in [-0.1, -0.05) is 23.7 Å². The highest BCUT2D eigenvalue weighted by Gasteiger charge is 2.08. The van der Waals surface area contributed by atoms with E-state index in [-0.39, 0.29) is 5.82 Å². The van der Waals surface area contributed by atoms with Crippen molar-refractivity contribution >= 4 is 34.6 Å². The average Bonchev–Trinajstić information content (AvgIpc) is 3.19. The number of thiocarbonyl (C=S) groups is 1. The molecule has 32 heavy (non-hydrogen) atoms. The van der Waals surface area contributed by atoms with Gasteiger partial charge < -0.3 is 20.1 Å². The minimum Gasteiger partial charge on any atom is -0.490 e. The summed E-state index contributed by atoms with van der Waals surface area (Å²) in [6, 6.07) is 10.3. The van der Waals surface area contributed by atoms with Gasteiger partial charge in [0, 0.05) is 17.8 Å². The number of benzene rings is 2. The number of hydrogen-bond donors (Lipinski definition) is 2. The summed E-state index contributed by atoms with van der Waals surface area (Å²) in [4.78, 5) is 0. The third kappa shape index (κ3) is 6.83. The summed E-state index contributed by atoms with van der Waals surface area (Å²) in [5.74, 6) is 1.14. The lowest BCUT2D eigenvalue weighted by Gasteiger charge is -2.13. The topological polar surface area (TPSA) is 60.3 Å². The smallest absolute Gasteiger partial charge is 0.170 e. The molecule has 0 spiro atoms. The molecule has 0 unspecified atom stereocenters. The zero-order valence-electron chi connectivity index (χ0n) is 18.0. The molecular formula is C23H26ClFN4O2S. The molecule has 1 aromatic heterocycles. The predicted molar refractivity (Wildman–Crippen MR) is 129 cm³/mol. The van der Waals surface area contributed by atoms with Crippen LogP contribution in [0, 0.1) is 5.82 Å². The Morgan fingerprint density at radius 3 is 2.66 bits per heavy atom. The summed E-state index contributed by atoms with van der Waals surface area (Å²) in [6.45, 7) is 6.16. The Morgan fingerprint density at radius 2 is 1.91 bits per heavy atom. The van der Waals surface area contributed by atoms with Gasteiger partial charge in [-0.05, 0) is 67.9 Å². The third-order valence-corrected chi connectivity index (χ3v) is 5.14. The van der Waals surface area contributed by atoms with Crippen LogP contribution in [-0.4, -0.2) is 34.7 Å². The summed E-state index contributed by atoms with van der Waals surface area (Å²) in [5, 5.41) is 11.5. The first-order chi connectivity index (χ1) is 15.5. The second-order valence-electron chi connectivity index (χ2n) is 6.94. The Morgan fingerprint density at radius 1 is 1.12 bits per heavy atom. The molecule has 1 heterocycles. The van der Waals surface area contributed by atoms with E-state index in [1.165, 1.54) is 12.1 Å². The molecule has 0 atom stereocenters. The first-order valence-electron chi connectivity index (χ1n) is 10.4. The van der Waals surface area contributed by atoms with Gasteiger partial charge in [0.2, 0.25) is 0 Å². The molecule has 170 valence electrons. The van der Waals surface area contributed by atoms with Crippen LogP contribution in [0.25, 0.3) is 0 Å². The van der Waals surface area contributed by atoms with Gasteiger partial charge >= 0.3 is 0 Å². The molecule has 0 amide bonds. The lowest BCUT2D eigenvalue weighted by Crippen LogP contribution is -2.30. The molecule has 0 bridgehead atoms. The fourth-order valence-corrected chi connectivity index (χ4v) is 3.53. The number of halogens is 2. The Kier molecular flexibility index (Phi) is 8.70. The Labute approximate surface area is 197 Å². The maximum Gasteiger partial charge on any atom is 0.170 e. The number of nitrogens with one attached hydrogen (secondary N) is 2. The number of aromatic nitrogens is 2. The molecule has 9 heteroatoms. The van der Waals surface area contributed by atoms with Gasteiger partial charge in [0.15, 0.2) is 16.6 Å². The fourth-order valence-electron chi connectivity index (χ4n) is 3.09. The lowest BCUT2D eigenvalue weighted by atomic mass is 10.1. The molecule has 2 N–H and O–H groups in total. The molecule has 3 aromatic rings. The summed E-state index contributed by atoms with van der Waals surface area (Å²) in [6.07, 6.45) is 4.26. The van der Waals surface area contributed by atoms with Crippen LogP contribution in [0.5, 0.6) is 11.5 Å². The van der Waals surface area contributed by atoms with Crippen LogP contribution >= 0.6 is 23.8 Å². The van der Waals surface area contributed by atoms with Gasteiger partial charge in [-0.2, -0.15) is 5.10 Å². The van der Waals surface area contributed by atoms with E-state index in [0.29, 0.717) is 36.4 Å². The maximum absolute atomic E-state index is 13.2. The maximum atomic E-state index is 13.2. The van der Waals surface area contributed by atoms with Crippen LogP contribution in [-0.2, 0) is 13.0 Å². The molecule has 0 aliphatic heterocycles. The van der Waals surface area contributed by atoms with Crippen LogP contribution < -0.4 is 20.1 Å². The molecule has 0 fully saturated rings. The molecule has 0 aliphatic rings. The van der Waals surface area contributed by atoms with Crippen LogP contribution in [0.15, 0.2) is 48.8 Å². The third-order valence-electron chi connectivity index (χ3n) is 4.55. The summed E-state index contributed by atoms with van der Waals surface area (Å²) in [5.41, 5.74) is 2.65. The van der Waals surface area contributed by atoms with Crippen molar-refractivity contribution < 1.29 is 13.9 Å². The standard InChI is InChI=1S/C23H26ClFN4O2S/c1-3-30-21-8-5-16(11-22(21)31-4-2)9-10-26-23(32)28-19-13-27-29(15-19)14-17-6-7-18(25)12-20(17)24/h5-8,11-13,15H,3-4,9-10,14H2,1-2H3,(H2,26,28,32). The molecule has 0 saturated carbocycles. The summed E-state index contributed by atoms with van der Waals surface area (Å²) in [7, 11) is 0. The van der Waals surface area contributed by atoms with E-state index < -0.39 is 0 Å². The van der Waals surface area contributed by atoms with Crippen molar-refractivity contribution in [3.05, 3.63) is 70.8 Å². The monoisotopic (exact) mass is 476 g/mol. The van der Waals surface area contributed by atoms with Crippen molar-refractivity contribution in [2.45, 2.75) is 26.8 Å². The lowest BCUT2D eigenvalue weighted by molar-refractivity contribution is 0.287. The van der Waals surface area contributed by atoms with E-state index in [0.717, 1.165) is 34.7 Å². The minimum absolute atomic E-state index is 0.364. The Hall–Kier alpha value is -2.84. The number of rotatable bonds is 10. The number of anilines is 1. The van der Waals surface area contributed by atoms with Crippen LogP contribution in [0.3, 0.4) is 0 Å². The van der Waals surface area contributed by atoms with E-state index >= 15 is 0 Å². The van der Waals surface area contributed by atoms with E-state index in [4.69, 9.17) is 33.3 Å². The minimum atomic E-state index is -0.364.